The highest BCUT2D eigenvalue weighted by Crippen LogP contribution is 2.41. The molecule has 1 N–H and O–H groups in total. The van der Waals surface area contributed by atoms with Gasteiger partial charge in [-0.15, -0.1) is 0 Å². The highest BCUT2D eigenvalue weighted by atomic mass is 16.5. The van der Waals surface area contributed by atoms with Crippen molar-refractivity contribution < 1.29 is 18.9 Å². The Balaban J connectivity index is 1.94. The van der Waals surface area contributed by atoms with Crippen molar-refractivity contribution in [3.63, 3.8) is 0 Å². The molecule has 0 radical (unpaired) electrons. The zero-order valence-corrected chi connectivity index (χ0v) is 21.3. The maximum absolute atomic E-state index is 13.0. The number of aromatic nitrogens is 2. The third kappa shape index (κ3) is 5.83. The van der Waals surface area contributed by atoms with Crippen molar-refractivity contribution in [2.24, 2.45) is 4.99 Å². The fourth-order valence-corrected chi connectivity index (χ4v) is 3.74. The van der Waals surface area contributed by atoms with Gasteiger partial charge < -0.3 is 33.7 Å². The Morgan fingerprint density at radius 2 is 1.77 bits per heavy atom. The molecule has 1 aromatic heterocycles. The van der Waals surface area contributed by atoms with E-state index in [2.05, 4.69) is 9.97 Å². The second kappa shape index (κ2) is 11.6. The van der Waals surface area contributed by atoms with Crippen LogP contribution in [0.3, 0.4) is 0 Å². The van der Waals surface area contributed by atoms with Gasteiger partial charge in [-0.3, -0.25) is 4.79 Å². The van der Waals surface area contributed by atoms with Gasteiger partial charge in [0.2, 0.25) is 11.7 Å². The summed E-state index contributed by atoms with van der Waals surface area (Å²) in [5, 5.41) is 0.297. The summed E-state index contributed by atoms with van der Waals surface area (Å²) in [4.78, 5) is 29.1. The van der Waals surface area contributed by atoms with E-state index >= 15 is 0 Å². The lowest BCUT2D eigenvalue weighted by atomic mass is 10.2. The first-order valence-corrected chi connectivity index (χ1v) is 11.1. The maximum atomic E-state index is 13.0. The Hall–Kier alpha value is -3.79. The molecule has 1 heterocycles. The number of aliphatic imine (C=N–C) groups is 1. The molecule has 0 aliphatic heterocycles. The number of hydrogen-bond donors (Lipinski definition) is 1. The van der Waals surface area contributed by atoms with Crippen molar-refractivity contribution in [2.45, 2.75) is 13.0 Å². The fourth-order valence-electron chi connectivity index (χ4n) is 3.74. The lowest BCUT2D eigenvalue weighted by Crippen LogP contribution is -2.23. The summed E-state index contributed by atoms with van der Waals surface area (Å²) in [7, 11) is 12.0. The SMILES string of the molecule is COCC/C(=N\c1cccc(CN(C)c2nc(=O)c3c(OC)c(OC)c(OC)cc3[nH]2)c1)N(C)C. The van der Waals surface area contributed by atoms with Crippen LogP contribution in [0.5, 0.6) is 17.2 Å². The number of fused-ring (bicyclic) bond motifs is 1. The Morgan fingerprint density at radius 1 is 1.03 bits per heavy atom. The molecular formula is C25H33N5O5. The summed E-state index contributed by atoms with van der Waals surface area (Å²) in [6.45, 7) is 1.11. The first-order chi connectivity index (χ1) is 16.8. The number of anilines is 1. The smallest absolute Gasteiger partial charge is 0.286 e. The summed E-state index contributed by atoms with van der Waals surface area (Å²) < 4.78 is 21.5. The van der Waals surface area contributed by atoms with Crippen LogP contribution in [-0.2, 0) is 11.3 Å². The minimum Gasteiger partial charge on any atom is -0.493 e. The van der Waals surface area contributed by atoms with E-state index in [1.165, 1.54) is 21.3 Å². The van der Waals surface area contributed by atoms with Crippen LogP contribution in [0.15, 0.2) is 40.1 Å². The standard InChI is InChI=1S/C25H33N5O5/c1-29(2)20(11-12-32-4)26-17-10-8-9-16(13-17)15-30(3)25-27-18-14-19(33-5)22(34-6)23(35-7)21(18)24(31)28-25/h8-10,13-14H,11-12,15H2,1-7H3,(H,27,28,31)/b26-20+. The monoisotopic (exact) mass is 483 g/mol. The Kier molecular flexibility index (Phi) is 8.53. The summed E-state index contributed by atoms with van der Waals surface area (Å²) >= 11 is 0. The number of hydrogen-bond acceptors (Lipinski definition) is 8. The highest BCUT2D eigenvalue weighted by Gasteiger charge is 2.20. The number of ether oxygens (including phenoxy) is 4. The Labute approximate surface area is 205 Å². The van der Waals surface area contributed by atoms with E-state index in [0.717, 1.165) is 17.1 Å². The van der Waals surface area contributed by atoms with E-state index in [9.17, 15) is 4.79 Å². The number of H-pyrrole nitrogens is 1. The predicted octanol–water partition coefficient (Wildman–Crippen LogP) is 3.21. The molecule has 0 fully saturated rings. The Bertz CT molecular complexity index is 1250. The molecule has 188 valence electrons. The molecule has 3 aromatic rings. The van der Waals surface area contributed by atoms with Gasteiger partial charge in [-0.1, -0.05) is 12.1 Å². The molecule has 2 aromatic carbocycles. The number of amidine groups is 1. The van der Waals surface area contributed by atoms with Gasteiger partial charge in [0.25, 0.3) is 5.56 Å². The maximum Gasteiger partial charge on any atom is 0.286 e. The highest BCUT2D eigenvalue weighted by molar-refractivity contribution is 5.90. The molecule has 0 saturated heterocycles. The lowest BCUT2D eigenvalue weighted by molar-refractivity contribution is 0.205. The number of nitrogens with zero attached hydrogens (tertiary/aromatic N) is 4. The van der Waals surface area contributed by atoms with Crippen LogP contribution in [-0.4, -0.2) is 76.9 Å². The zero-order chi connectivity index (χ0) is 25.5. The van der Waals surface area contributed by atoms with Gasteiger partial charge in [0.15, 0.2) is 11.5 Å². The molecule has 3 rings (SSSR count). The van der Waals surface area contributed by atoms with E-state index in [1.54, 1.807) is 13.2 Å². The minimum atomic E-state index is -0.425. The first kappa shape index (κ1) is 25.8. The van der Waals surface area contributed by atoms with Crippen molar-refractivity contribution in [1.82, 2.24) is 14.9 Å². The van der Waals surface area contributed by atoms with Crippen molar-refractivity contribution in [1.29, 1.82) is 0 Å². The average Bonchev–Trinajstić information content (AvgIpc) is 2.85. The van der Waals surface area contributed by atoms with Gasteiger partial charge in [0.1, 0.15) is 11.2 Å². The quantitative estimate of drug-likeness (QED) is 0.347. The molecule has 0 unspecified atom stereocenters. The van der Waals surface area contributed by atoms with E-state index in [-0.39, 0.29) is 5.75 Å². The fraction of sp³-hybridized carbons (Fsp3) is 0.400. The predicted molar refractivity (Wildman–Crippen MR) is 138 cm³/mol. The molecular weight excluding hydrogens is 450 g/mol. The number of benzene rings is 2. The van der Waals surface area contributed by atoms with Gasteiger partial charge in [-0.05, 0) is 17.7 Å². The molecule has 0 atom stereocenters. The molecule has 10 nitrogen and oxygen atoms in total. The second-order valence-corrected chi connectivity index (χ2v) is 8.12. The summed E-state index contributed by atoms with van der Waals surface area (Å²) in [6.07, 6.45) is 0.716. The van der Waals surface area contributed by atoms with E-state index in [0.29, 0.717) is 47.9 Å². The minimum absolute atomic E-state index is 0.278. The molecule has 0 aliphatic carbocycles. The van der Waals surface area contributed by atoms with E-state index in [4.69, 9.17) is 23.9 Å². The van der Waals surface area contributed by atoms with Crippen molar-refractivity contribution in [3.05, 3.63) is 46.2 Å². The van der Waals surface area contributed by atoms with Gasteiger partial charge >= 0.3 is 0 Å². The molecule has 0 bridgehead atoms. The van der Waals surface area contributed by atoms with Crippen LogP contribution in [0, 0.1) is 0 Å². The van der Waals surface area contributed by atoms with Crippen LogP contribution in [0.1, 0.15) is 12.0 Å². The number of aromatic amines is 1. The largest absolute Gasteiger partial charge is 0.493 e. The van der Waals surface area contributed by atoms with Crippen LogP contribution in [0.25, 0.3) is 10.9 Å². The van der Waals surface area contributed by atoms with Crippen molar-refractivity contribution in [2.75, 3.05) is 61.1 Å². The lowest BCUT2D eigenvalue weighted by Gasteiger charge is -2.20. The molecule has 35 heavy (non-hydrogen) atoms. The van der Waals surface area contributed by atoms with Gasteiger partial charge in [0.05, 0.1) is 39.1 Å². The number of methoxy groups -OCH3 is 4. The summed E-state index contributed by atoms with van der Waals surface area (Å²) in [5.41, 5.74) is 1.97. The third-order valence-corrected chi connectivity index (χ3v) is 5.49. The second-order valence-electron chi connectivity index (χ2n) is 8.12. The Morgan fingerprint density at radius 3 is 2.40 bits per heavy atom. The van der Waals surface area contributed by atoms with E-state index in [1.807, 2.05) is 55.2 Å². The molecule has 0 amide bonds. The van der Waals surface area contributed by atoms with Gasteiger partial charge in [0, 0.05) is 47.3 Å². The summed E-state index contributed by atoms with van der Waals surface area (Å²) in [6, 6.07) is 9.65. The van der Waals surface area contributed by atoms with Crippen LogP contribution >= 0.6 is 0 Å². The third-order valence-electron chi connectivity index (χ3n) is 5.49. The molecule has 0 spiro atoms. The first-order valence-electron chi connectivity index (χ1n) is 11.1. The topological polar surface area (TPSA) is 102 Å². The molecule has 10 heteroatoms. The van der Waals surface area contributed by atoms with Crippen molar-refractivity contribution >= 4 is 28.4 Å². The van der Waals surface area contributed by atoms with Gasteiger partial charge in [-0.2, -0.15) is 4.98 Å². The van der Waals surface area contributed by atoms with Crippen LogP contribution < -0.4 is 24.7 Å². The zero-order valence-electron chi connectivity index (χ0n) is 21.3. The molecule has 0 aliphatic rings. The van der Waals surface area contributed by atoms with E-state index < -0.39 is 5.56 Å². The average molecular weight is 484 g/mol. The number of nitrogens with one attached hydrogen (secondary N) is 1. The molecule has 0 saturated carbocycles. The van der Waals surface area contributed by atoms with Crippen molar-refractivity contribution in [3.8, 4) is 17.2 Å². The van der Waals surface area contributed by atoms with Gasteiger partial charge in [-0.25, -0.2) is 4.99 Å². The number of rotatable bonds is 10. The van der Waals surface area contributed by atoms with Crippen LogP contribution in [0.4, 0.5) is 11.6 Å². The normalized spacial score (nSPS) is 11.5. The van der Waals surface area contributed by atoms with Crippen LogP contribution in [0.2, 0.25) is 0 Å². The summed E-state index contributed by atoms with van der Waals surface area (Å²) in [5.74, 6) is 2.41.